The van der Waals surface area contributed by atoms with E-state index in [1.165, 1.54) is 5.56 Å². The molecule has 0 saturated carbocycles. The fourth-order valence-electron chi connectivity index (χ4n) is 1.66. The number of aldehydes is 1. The maximum absolute atomic E-state index is 10.8. The van der Waals surface area contributed by atoms with Gasteiger partial charge in [0.25, 0.3) is 0 Å². The van der Waals surface area contributed by atoms with Gasteiger partial charge in [0.05, 0.1) is 0 Å². The zero-order valence-corrected chi connectivity index (χ0v) is 10.5. The summed E-state index contributed by atoms with van der Waals surface area (Å²) in [7, 11) is 0. The van der Waals surface area contributed by atoms with Gasteiger partial charge in [-0.3, -0.25) is 4.79 Å². The predicted molar refractivity (Wildman–Crippen MR) is 68.9 cm³/mol. The van der Waals surface area contributed by atoms with Gasteiger partial charge >= 0.3 is 0 Å². The number of rotatable bonds is 5. The van der Waals surface area contributed by atoms with Gasteiger partial charge in [0, 0.05) is 10.9 Å². The normalized spacial score (nSPS) is 13.6. The van der Waals surface area contributed by atoms with E-state index in [0.717, 1.165) is 29.7 Å². The lowest BCUT2D eigenvalue weighted by atomic mass is 9.94. The molecule has 0 bridgehead atoms. The second kappa shape index (κ2) is 6.49. The Morgan fingerprint density at radius 2 is 1.94 bits per heavy atom. The van der Waals surface area contributed by atoms with Crippen molar-refractivity contribution in [1.29, 1.82) is 0 Å². The standard InChI is InChI=1S/C14H17ClO/c1-3-11(10-16)9-12(4-2)13-5-7-14(15)8-6-13/h5-10,12H,3-4H2,1-2H3/b11-9+. The highest BCUT2D eigenvalue weighted by Gasteiger charge is 2.07. The third-order valence-corrected chi connectivity index (χ3v) is 2.96. The van der Waals surface area contributed by atoms with Crippen molar-refractivity contribution < 1.29 is 4.79 Å². The molecular weight excluding hydrogens is 220 g/mol. The zero-order valence-electron chi connectivity index (χ0n) is 9.74. The number of allylic oxidation sites excluding steroid dienone is 2. The Morgan fingerprint density at radius 1 is 1.31 bits per heavy atom. The van der Waals surface area contributed by atoms with E-state index in [0.29, 0.717) is 5.92 Å². The lowest BCUT2D eigenvalue weighted by molar-refractivity contribution is -0.105. The molecule has 1 rings (SSSR count). The fourth-order valence-corrected chi connectivity index (χ4v) is 1.78. The van der Waals surface area contributed by atoms with E-state index in [2.05, 4.69) is 13.0 Å². The molecule has 86 valence electrons. The summed E-state index contributed by atoms with van der Waals surface area (Å²) >= 11 is 5.85. The summed E-state index contributed by atoms with van der Waals surface area (Å²) in [6.07, 6.45) is 4.77. The fraction of sp³-hybridized carbons (Fsp3) is 0.357. The minimum atomic E-state index is 0.303. The molecule has 1 aromatic carbocycles. The third-order valence-electron chi connectivity index (χ3n) is 2.71. The summed E-state index contributed by atoms with van der Waals surface area (Å²) in [4.78, 5) is 10.8. The first-order valence-corrected chi connectivity index (χ1v) is 6.00. The second-order valence-electron chi connectivity index (χ2n) is 3.78. The van der Waals surface area contributed by atoms with Crippen molar-refractivity contribution in [3.05, 3.63) is 46.5 Å². The van der Waals surface area contributed by atoms with Gasteiger partial charge in [0.1, 0.15) is 6.29 Å². The van der Waals surface area contributed by atoms with Gasteiger partial charge in [-0.1, -0.05) is 43.7 Å². The summed E-state index contributed by atoms with van der Waals surface area (Å²) in [6, 6.07) is 7.82. The van der Waals surface area contributed by atoms with E-state index in [1.54, 1.807) is 0 Å². The number of hydrogen-bond donors (Lipinski definition) is 0. The van der Waals surface area contributed by atoms with E-state index in [4.69, 9.17) is 11.6 Å². The molecule has 0 saturated heterocycles. The van der Waals surface area contributed by atoms with Crippen LogP contribution in [0.5, 0.6) is 0 Å². The van der Waals surface area contributed by atoms with Crippen LogP contribution in [0.25, 0.3) is 0 Å². The number of carbonyl (C=O) groups excluding carboxylic acids is 1. The summed E-state index contributed by atoms with van der Waals surface area (Å²) < 4.78 is 0. The minimum Gasteiger partial charge on any atom is -0.298 e. The molecule has 1 aromatic rings. The Kier molecular flexibility index (Phi) is 5.27. The first kappa shape index (κ1) is 13.0. The van der Waals surface area contributed by atoms with Crippen LogP contribution in [0.15, 0.2) is 35.9 Å². The summed E-state index contributed by atoms with van der Waals surface area (Å²) in [5, 5.41) is 0.744. The molecule has 1 nitrogen and oxygen atoms in total. The smallest absolute Gasteiger partial charge is 0.145 e. The van der Waals surface area contributed by atoms with Crippen LogP contribution < -0.4 is 0 Å². The van der Waals surface area contributed by atoms with Gasteiger partial charge in [-0.25, -0.2) is 0 Å². The van der Waals surface area contributed by atoms with Crippen LogP contribution >= 0.6 is 11.6 Å². The summed E-state index contributed by atoms with van der Waals surface area (Å²) in [6.45, 7) is 4.11. The first-order valence-electron chi connectivity index (χ1n) is 5.62. The molecular formula is C14H17ClO. The molecule has 0 aliphatic rings. The SMILES string of the molecule is CC/C(C=O)=C\C(CC)c1ccc(Cl)cc1. The molecule has 1 unspecified atom stereocenters. The maximum Gasteiger partial charge on any atom is 0.145 e. The van der Waals surface area contributed by atoms with Gasteiger partial charge in [-0.2, -0.15) is 0 Å². The lowest BCUT2D eigenvalue weighted by Gasteiger charge is -2.11. The van der Waals surface area contributed by atoms with Crippen LogP contribution in [0.4, 0.5) is 0 Å². The van der Waals surface area contributed by atoms with Crippen LogP contribution in [-0.4, -0.2) is 6.29 Å². The van der Waals surface area contributed by atoms with Crippen LogP contribution in [-0.2, 0) is 4.79 Å². The highest BCUT2D eigenvalue weighted by molar-refractivity contribution is 6.30. The summed E-state index contributed by atoms with van der Waals surface area (Å²) in [5.74, 6) is 0.303. The highest BCUT2D eigenvalue weighted by atomic mass is 35.5. The Bertz CT molecular complexity index is 365. The highest BCUT2D eigenvalue weighted by Crippen LogP contribution is 2.24. The number of benzene rings is 1. The number of halogens is 1. The van der Waals surface area contributed by atoms with E-state index in [1.807, 2.05) is 31.2 Å². The second-order valence-corrected chi connectivity index (χ2v) is 4.22. The molecule has 0 spiro atoms. The molecule has 0 N–H and O–H groups in total. The Hall–Kier alpha value is -1.08. The molecule has 2 heteroatoms. The quantitative estimate of drug-likeness (QED) is 0.548. The molecule has 0 heterocycles. The van der Waals surface area contributed by atoms with Crippen LogP contribution in [0.1, 0.15) is 38.2 Å². The molecule has 0 radical (unpaired) electrons. The average molecular weight is 237 g/mol. The molecule has 0 amide bonds. The largest absolute Gasteiger partial charge is 0.298 e. The number of carbonyl (C=O) groups is 1. The lowest BCUT2D eigenvalue weighted by Crippen LogP contribution is -1.96. The first-order chi connectivity index (χ1) is 7.71. The summed E-state index contributed by atoms with van der Waals surface area (Å²) in [5.41, 5.74) is 2.07. The van der Waals surface area contributed by atoms with Gasteiger partial charge in [0.2, 0.25) is 0 Å². The van der Waals surface area contributed by atoms with Crippen molar-refractivity contribution in [3.8, 4) is 0 Å². The van der Waals surface area contributed by atoms with Gasteiger partial charge < -0.3 is 0 Å². The average Bonchev–Trinajstić information content (AvgIpc) is 2.32. The monoisotopic (exact) mass is 236 g/mol. The third kappa shape index (κ3) is 3.49. The molecule has 0 aromatic heterocycles. The molecule has 1 atom stereocenters. The molecule has 16 heavy (non-hydrogen) atoms. The molecule has 0 aliphatic heterocycles. The van der Waals surface area contributed by atoms with E-state index in [-0.39, 0.29) is 0 Å². The number of hydrogen-bond acceptors (Lipinski definition) is 1. The Morgan fingerprint density at radius 3 is 2.38 bits per heavy atom. The van der Waals surface area contributed by atoms with Crippen molar-refractivity contribution in [2.45, 2.75) is 32.6 Å². The van der Waals surface area contributed by atoms with Gasteiger partial charge in [-0.05, 0) is 36.1 Å². The Balaban J connectivity index is 2.94. The van der Waals surface area contributed by atoms with Crippen molar-refractivity contribution >= 4 is 17.9 Å². The minimum absolute atomic E-state index is 0.303. The predicted octanol–water partition coefficient (Wildman–Crippen LogP) is 4.37. The van der Waals surface area contributed by atoms with Crippen LogP contribution in [0, 0.1) is 0 Å². The van der Waals surface area contributed by atoms with Crippen molar-refractivity contribution in [2.24, 2.45) is 0 Å². The zero-order chi connectivity index (χ0) is 12.0. The van der Waals surface area contributed by atoms with Crippen LogP contribution in [0.3, 0.4) is 0 Å². The van der Waals surface area contributed by atoms with Crippen molar-refractivity contribution in [1.82, 2.24) is 0 Å². The van der Waals surface area contributed by atoms with Crippen LogP contribution in [0.2, 0.25) is 5.02 Å². The van der Waals surface area contributed by atoms with E-state index < -0.39 is 0 Å². The topological polar surface area (TPSA) is 17.1 Å². The molecule has 0 fully saturated rings. The Labute approximate surface area is 102 Å². The van der Waals surface area contributed by atoms with E-state index >= 15 is 0 Å². The maximum atomic E-state index is 10.8. The molecule has 0 aliphatic carbocycles. The van der Waals surface area contributed by atoms with Gasteiger partial charge in [0.15, 0.2) is 0 Å². The van der Waals surface area contributed by atoms with Crippen molar-refractivity contribution in [3.63, 3.8) is 0 Å². The van der Waals surface area contributed by atoms with Gasteiger partial charge in [-0.15, -0.1) is 0 Å². The van der Waals surface area contributed by atoms with Crippen molar-refractivity contribution in [2.75, 3.05) is 0 Å². The van der Waals surface area contributed by atoms with E-state index in [9.17, 15) is 4.79 Å².